The van der Waals surface area contributed by atoms with Crippen molar-refractivity contribution in [2.75, 3.05) is 105 Å². The van der Waals surface area contributed by atoms with Crippen LogP contribution in [0.25, 0.3) is 0 Å². The molecule has 0 aromatic heterocycles. The van der Waals surface area contributed by atoms with Crippen molar-refractivity contribution in [3.63, 3.8) is 0 Å². The summed E-state index contributed by atoms with van der Waals surface area (Å²) in [5.74, 6) is 1.01. The molecule has 0 saturated carbocycles. The molecule has 0 unspecified atom stereocenters. The summed E-state index contributed by atoms with van der Waals surface area (Å²) in [7, 11) is 3.26. The Morgan fingerprint density at radius 1 is 0.500 bits per heavy atom. The van der Waals surface area contributed by atoms with Crippen molar-refractivity contribution in [3.05, 3.63) is 12.1 Å². The minimum atomic E-state index is 0.340. The molecule has 0 bridgehead atoms. The molecule has 10 heteroatoms. The predicted octanol–water partition coefficient (Wildman–Crippen LogP) is 0.968. The number of methoxy groups -OCH3 is 2. The van der Waals surface area contributed by atoms with Gasteiger partial charge < -0.3 is 49.4 Å². The van der Waals surface area contributed by atoms with Crippen molar-refractivity contribution in [1.29, 1.82) is 0 Å². The SMILES string of the molecule is COCCOCCOCCOc1cc(N)c(N)cc1OCCOCCOCCOC. The van der Waals surface area contributed by atoms with Gasteiger partial charge >= 0.3 is 0 Å². The van der Waals surface area contributed by atoms with Crippen LogP contribution in [0, 0.1) is 0 Å². The highest BCUT2D eigenvalue weighted by atomic mass is 16.6. The minimum Gasteiger partial charge on any atom is -0.487 e. The van der Waals surface area contributed by atoms with Crippen LogP contribution in [0.5, 0.6) is 11.5 Å². The predicted molar refractivity (Wildman–Crippen MR) is 113 cm³/mol. The average molecular weight is 433 g/mol. The number of hydrogen-bond donors (Lipinski definition) is 2. The number of anilines is 2. The quantitative estimate of drug-likeness (QED) is 0.227. The zero-order valence-electron chi connectivity index (χ0n) is 18.1. The number of nitrogens with two attached hydrogens (primary N) is 2. The Morgan fingerprint density at radius 2 is 0.800 bits per heavy atom. The number of ether oxygens (including phenoxy) is 8. The third-order valence-electron chi connectivity index (χ3n) is 3.73. The molecule has 0 aliphatic rings. The van der Waals surface area contributed by atoms with Crippen LogP contribution in [0.1, 0.15) is 0 Å². The smallest absolute Gasteiger partial charge is 0.163 e. The largest absolute Gasteiger partial charge is 0.487 e. The van der Waals surface area contributed by atoms with Crippen LogP contribution in [0.3, 0.4) is 0 Å². The van der Waals surface area contributed by atoms with Crippen LogP contribution in [0.4, 0.5) is 11.4 Å². The number of hydrogen-bond acceptors (Lipinski definition) is 10. The van der Waals surface area contributed by atoms with Crippen molar-refractivity contribution in [2.45, 2.75) is 0 Å². The fourth-order valence-corrected chi connectivity index (χ4v) is 2.17. The van der Waals surface area contributed by atoms with Crippen molar-refractivity contribution in [2.24, 2.45) is 0 Å². The van der Waals surface area contributed by atoms with Gasteiger partial charge in [-0.1, -0.05) is 0 Å². The average Bonchev–Trinajstić information content (AvgIpc) is 2.74. The first kappa shape index (κ1) is 26.2. The number of benzene rings is 1. The van der Waals surface area contributed by atoms with Crippen LogP contribution in [0.15, 0.2) is 12.1 Å². The lowest BCUT2D eigenvalue weighted by atomic mass is 10.2. The van der Waals surface area contributed by atoms with Gasteiger partial charge in [-0.15, -0.1) is 0 Å². The van der Waals surface area contributed by atoms with E-state index in [9.17, 15) is 0 Å². The van der Waals surface area contributed by atoms with Crippen LogP contribution >= 0.6 is 0 Å². The second-order valence-electron chi connectivity index (χ2n) is 6.06. The Bertz CT molecular complexity index is 501. The van der Waals surface area contributed by atoms with E-state index in [1.807, 2.05) is 0 Å². The maximum atomic E-state index is 5.88. The third-order valence-corrected chi connectivity index (χ3v) is 3.73. The molecule has 0 radical (unpaired) electrons. The van der Waals surface area contributed by atoms with Gasteiger partial charge in [0.25, 0.3) is 0 Å². The highest BCUT2D eigenvalue weighted by Crippen LogP contribution is 2.33. The summed E-state index contributed by atoms with van der Waals surface area (Å²) in [4.78, 5) is 0. The van der Waals surface area contributed by atoms with Crippen molar-refractivity contribution in [1.82, 2.24) is 0 Å². The molecule has 0 atom stereocenters. The molecule has 0 aliphatic carbocycles. The van der Waals surface area contributed by atoms with Gasteiger partial charge in [0.2, 0.25) is 0 Å². The lowest BCUT2D eigenvalue weighted by molar-refractivity contribution is 0.0160. The Morgan fingerprint density at radius 3 is 1.13 bits per heavy atom. The molecule has 0 aliphatic heterocycles. The minimum absolute atomic E-state index is 0.340. The van der Waals surface area contributed by atoms with E-state index in [-0.39, 0.29) is 0 Å². The van der Waals surface area contributed by atoms with Gasteiger partial charge in [-0.25, -0.2) is 0 Å². The molecule has 10 nitrogen and oxygen atoms in total. The van der Waals surface area contributed by atoms with Crippen LogP contribution in [0.2, 0.25) is 0 Å². The number of nitrogen functional groups attached to an aromatic ring is 2. The van der Waals surface area contributed by atoms with E-state index in [0.717, 1.165) is 0 Å². The highest BCUT2D eigenvalue weighted by molar-refractivity contribution is 5.69. The Kier molecular flexibility index (Phi) is 15.7. The Hall–Kier alpha value is -1.82. The summed E-state index contributed by atoms with van der Waals surface area (Å²) in [6, 6.07) is 3.28. The Balaban J connectivity index is 2.24. The van der Waals surface area contributed by atoms with Crippen LogP contribution in [-0.4, -0.2) is 93.5 Å². The molecule has 0 spiro atoms. The van der Waals surface area contributed by atoms with Gasteiger partial charge in [0, 0.05) is 26.4 Å². The van der Waals surface area contributed by atoms with Crippen molar-refractivity contribution < 1.29 is 37.9 Å². The molecule has 30 heavy (non-hydrogen) atoms. The standard InChI is InChI=1S/C20H36N2O8/c1-23-3-5-25-7-9-27-11-13-29-19-15-17(21)18(22)16-20(19)30-14-12-28-10-8-26-6-4-24-2/h15-16H,3-14,21-22H2,1-2H3. The molecular weight excluding hydrogens is 396 g/mol. The van der Waals surface area contributed by atoms with E-state index in [1.165, 1.54) is 0 Å². The molecule has 0 amide bonds. The first-order valence-corrected chi connectivity index (χ1v) is 9.92. The van der Waals surface area contributed by atoms with Crippen molar-refractivity contribution >= 4 is 11.4 Å². The van der Waals surface area contributed by atoms with E-state index in [4.69, 9.17) is 49.4 Å². The molecule has 0 heterocycles. The van der Waals surface area contributed by atoms with Gasteiger partial charge in [-0.05, 0) is 0 Å². The topological polar surface area (TPSA) is 126 Å². The van der Waals surface area contributed by atoms with Gasteiger partial charge in [-0.2, -0.15) is 0 Å². The first-order chi connectivity index (χ1) is 14.7. The van der Waals surface area contributed by atoms with E-state index < -0.39 is 0 Å². The normalized spacial score (nSPS) is 11.0. The molecule has 174 valence electrons. The second kappa shape index (κ2) is 18.0. The van der Waals surface area contributed by atoms with Crippen LogP contribution in [-0.2, 0) is 28.4 Å². The maximum absolute atomic E-state index is 5.88. The second-order valence-corrected chi connectivity index (χ2v) is 6.06. The van der Waals surface area contributed by atoms with E-state index >= 15 is 0 Å². The highest BCUT2D eigenvalue weighted by Gasteiger charge is 2.09. The third kappa shape index (κ3) is 12.7. The lowest BCUT2D eigenvalue weighted by Crippen LogP contribution is -2.14. The molecule has 1 aromatic rings. The fraction of sp³-hybridized carbons (Fsp3) is 0.700. The molecule has 1 rings (SSSR count). The van der Waals surface area contributed by atoms with Gasteiger partial charge in [0.15, 0.2) is 11.5 Å². The summed E-state index contributed by atoms with van der Waals surface area (Å²) in [5, 5.41) is 0. The van der Waals surface area contributed by atoms with E-state index in [0.29, 0.717) is 102 Å². The summed E-state index contributed by atoms with van der Waals surface area (Å²) in [6.45, 7) is 5.69. The molecule has 0 fully saturated rings. The monoisotopic (exact) mass is 432 g/mol. The van der Waals surface area contributed by atoms with Crippen LogP contribution < -0.4 is 20.9 Å². The lowest BCUT2D eigenvalue weighted by Gasteiger charge is -2.15. The summed E-state index contributed by atoms with van der Waals surface area (Å²) in [5.41, 5.74) is 12.6. The summed E-state index contributed by atoms with van der Waals surface area (Å²) < 4.78 is 42.8. The fourth-order valence-electron chi connectivity index (χ4n) is 2.17. The van der Waals surface area contributed by atoms with Gasteiger partial charge in [-0.3, -0.25) is 0 Å². The zero-order valence-corrected chi connectivity index (χ0v) is 18.1. The summed E-state index contributed by atoms with van der Waals surface area (Å²) >= 11 is 0. The molecular formula is C20H36N2O8. The van der Waals surface area contributed by atoms with Gasteiger partial charge in [0.1, 0.15) is 13.2 Å². The first-order valence-electron chi connectivity index (χ1n) is 9.92. The maximum Gasteiger partial charge on any atom is 0.163 e. The van der Waals surface area contributed by atoms with E-state index in [1.54, 1.807) is 26.4 Å². The number of rotatable bonds is 20. The Labute approximate surface area is 178 Å². The molecule has 1 aromatic carbocycles. The van der Waals surface area contributed by atoms with Crippen molar-refractivity contribution in [3.8, 4) is 11.5 Å². The molecule has 0 saturated heterocycles. The van der Waals surface area contributed by atoms with E-state index in [2.05, 4.69) is 0 Å². The summed E-state index contributed by atoms with van der Waals surface area (Å²) in [6.07, 6.45) is 0. The molecule has 4 N–H and O–H groups in total. The zero-order chi connectivity index (χ0) is 21.9. The van der Waals surface area contributed by atoms with Gasteiger partial charge in [0.05, 0.1) is 77.4 Å².